The molecule has 0 amide bonds. The van der Waals surface area contributed by atoms with E-state index in [0.29, 0.717) is 18.7 Å². The van der Waals surface area contributed by atoms with Gasteiger partial charge in [0.1, 0.15) is 5.69 Å². The molecule has 0 saturated carbocycles. The lowest BCUT2D eigenvalue weighted by molar-refractivity contribution is -0.393. The third kappa shape index (κ3) is 3.27. The molecule has 0 bridgehead atoms. The molecule has 1 aromatic rings. The molecule has 0 aromatic heterocycles. The van der Waals surface area contributed by atoms with E-state index in [1.807, 2.05) is 4.90 Å². The number of aliphatic hydroxyl groups is 1. The number of hydrogen-bond acceptors (Lipinski definition) is 6. The lowest BCUT2D eigenvalue weighted by Gasteiger charge is -2.26. The van der Waals surface area contributed by atoms with Crippen molar-refractivity contribution in [1.29, 1.82) is 0 Å². The van der Waals surface area contributed by atoms with Gasteiger partial charge in [-0.1, -0.05) is 0 Å². The van der Waals surface area contributed by atoms with Crippen molar-refractivity contribution in [2.24, 2.45) is 0 Å². The molecule has 1 aliphatic heterocycles. The van der Waals surface area contributed by atoms with Crippen LogP contribution in [0.2, 0.25) is 0 Å². The van der Waals surface area contributed by atoms with Crippen molar-refractivity contribution >= 4 is 17.1 Å². The molecule has 114 valence electrons. The summed E-state index contributed by atoms with van der Waals surface area (Å²) in [5, 5.41) is 30.9. The van der Waals surface area contributed by atoms with E-state index in [0.717, 1.165) is 25.3 Å². The van der Waals surface area contributed by atoms with E-state index < -0.39 is 9.85 Å². The summed E-state index contributed by atoms with van der Waals surface area (Å²) in [6.07, 6.45) is 3.23. The summed E-state index contributed by atoms with van der Waals surface area (Å²) in [4.78, 5) is 22.7. The highest BCUT2D eigenvalue weighted by Crippen LogP contribution is 2.37. The van der Waals surface area contributed by atoms with Crippen molar-refractivity contribution in [1.82, 2.24) is 0 Å². The van der Waals surface area contributed by atoms with Crippen LogP contribution in [-0.2, 0) is 0 Å². The van der Waals surface area contributed by atoms with Crippen molar-refractivity contribution in [3.8, 4) is 0 Å². The molecule has 1 heterocycles. The average molecular weight is 295 g/mol. The van der Waals surface area contributed by atoms with E-state index >= 15 is 0 Å². The molecule has 1 aromatic carbocycles. The van der Waals surface area contributed by atoms with Crippen LogP contribution in [0.15, 0.2) is 18.2 Å². The predicted octanol–water partition coefficient (Wildman–Crippen LogP) is 2.24. The summed E-state index contributed by atoms with van der Waals surface area (Å²) in [5.74, 6) is 0. The Morgan fingerprint density at radius 1 is 1.29 bits per heavy atom. The molecule has 1 aliphatic rings. The van der Waals surface area contributed by atoms with Gasteiger partial charge in [-0.2, -0.15) is 0 Å². The summed E-state index contributed by atoms with van der Waals surface area (Å²) in [6, 6.07) is 3.89. The fourth-order valence-corrected chi connectivity index (χ4v) is 2.79. The number of non-ortho nitro benzene ring substituents is 1. The number of nitrogens with zero attached hydrogens (tertiary/aromatic N) is 3. The molecule has 8 heteroatoms. The minimum absolute atomic E-state index is 0.0900. The standard InChI is InChI=1S/C13H17N3O5/c17-8-2-4-10-3-1-7-14(10)12-6-5-11(15(18)19)9-13(12)16(20)21/h5-6,9-10,17H,1-4,7-8H2. The molecule has 1 N–H and O–H groups in total. The van der Waals surface area contributed by atoms with Gasteiger partial charge in [-0.15, -0.1) is 0 Å². The Hall–Kier alpha value is -2.22. The zero-order chi connectivity index (χ0) is 15.4. The largest absolute Gasteiger partial charge is 0.396 e. The average Bonchev–Trinajstić information content (AvgIpc) is 2.92. The second kappa shape index (κ2) is 6.49. The molecule has 21 heavy (non-hydrogen) atoms. The van der Waals surface area contributed by atoms with E-state index in [4.69, 9.17) is 5.11 Å². The number of hydrogen-bond donors (Lipinski definition) is 1. The maximum absolute atomic E-state index is 11.2. The van der Waals surface area contributed by atoms with Crippen molar-refractivity contribution in [2.75, 3.05) is 18.1 Å². The fraction of sp³-hybridized carbons (Fsp3) is 0.538. The van der Waals surface area contributed by atoms with Gasteiger partial charge in [-0.3, -0.25) is 20.2 Å². The first-order chi connectivity index (χ1) is 10.0. The second-order valence-electron chi connectivity index (χ2n) is 5.04. The third-order valence-corrected chi connectivity index (χ3v) is 3.75. The number of rotatable bonds is 6. The minimum Gasteiger partial charge on any atom is -0.396 e. The van der Waals surface area contributed by atoms with E-state index in [2.05, 4.69) is 0 Å². The van der Waals surface area contributed by atoms with Gasteiger partial charge in [-0.25, -0.2) is 0 Å². The molecule has 8 nitrogen and oxygen atoms in total. The Balaban J connectivity index is 2.33. The first kappa shape index (κ1) is 15.2. The maximum atomic E-state index is 11.2. The van der Waals surface area contributed by atoms with Gasteiger partial charge in [0, 0.05) is 25.3 Å². The van der Waals surface area contributed by atoms with E-state index in [1.54, 1.807) is 0 Å². The molecule has 1 fully saturated rings. The van der Waals surface area contributed by atoms with Crippen molar-refractivity contribution in [2.45, 2.75) is 31.7 Å². The van der Waals surface area contributed by atoms with Crippen LogP contribution in [0.4, 0.5) is 17.1 Å². The van der Waals surface area contributed by atoms with E-state index in [-0.39, 0.29) is 24.0 Å². The quantitative estimate of drug-likeness (QED) is 0.636. The minimum atomic E-state index is -0.635. The summed E-state index contributed by atoms with van der Waals surface area (Å²) < 4.78 is 0. The van der Waals surface area contributed by atoms with Crippen LogP contribution in [0.1, 0.15) is 25.7 Å². The predicted molar refractivity (Wildman–Crippen MR) is 76.4 cm³/mol. The smallest absolute Gasteiger partial charge is 0.299 e. The Bertz CT molecular complexity index is 549. The van der Waals surface area contributed by atoms with Crippen LogP contribution in [0, 0.1) is 20.2 Å². The summed E-state index contributed by atoms with van der Waals surface area (Å²) in [5.41, 5.74) is -0.0947. The van der Waals surface area contributed by atoms with Gasteiger partial charge in [-0.05, 0) is 31.7 Å². The van der Waals surface area contributed by atoms with Gasteiger partial charge >= 0.3 is 0 Å². The topological polar surface area (TPSA) is 110 Å². The van der Waals surface area contributed by atoms with E-state index in [9.17, 15) is 20.2 Å². The molecule has 0 spiro atoms. The number of aliphatic hydroxyl groups excluding tert-OH is 1. The first-order valence-electron chi connectivity index (χ1n) is 6.85. The van der Waals surface area contributed by atoms with Crippen LogP contribution in [0.3, 0.4) is 0 Å². The monoisotopic (exact) mass is 295 g/mol. The number of anilines is 1. The zero-order valence-corrected chi connectivity index (χ0v) is 11.5. The molecular formula is C13H17N3O5. The van der Waals surface area contributed by atoms with Crippen LogP contribution in [0.25, 0.3) is 0 Å². The summed E-state index contributed by atoms with van der Waals surface area (Å²) in [6.45, 7) is 0.779. The van der Waals surface area contributed by atoms with Crippen LogP contribution in [0.5, 0.6) is 0 Å². The normalized spacial score (nSPS) is 18.0. The molecule has 0 radical (unpaired) electrons. The number of benzene rings is 1. The molecular weight excluding hydrogens is 278 g/mol. The number of nitro benzene ring substituents is 2. The summed E-state index contributed by atoms with van der Waals surface area (Å²) in [7, 11) is 0. The Morgan fingerprint density at radius 2 is 2.05 bits per heavy atom. The van der Waals surface area contributed by atoms with Crippen molar-refractivity contribution in [3.05, 3.63) is 38.4 Å². The highest BCUT2D eigenvalue weighted by Gasteiger charge is 2.30. The third-order valence-electron chi connectivity index (χ3n) is 3.75. The van der Waals surface area contributed by atoms with E-state index in [1.165, 1.54) is 12.1 Å². The molecule has 1 atom stereocenters. The first-order valence-corrected chi connectivity index (χ1v) is 6.85. The van der Waals surface area contributed by atoms with Gasteiger partial charge in [0.25, 0.3) is 11.4 Å². The Labute approximate surface area is 121 Å². The Kier molecular flexibility index (Phi) is 4.69. The molecule has 1 saturated heterocycles. The van der Waals surface area contributed by atoms with Gasteiger partial charge in [0.2, 0.25) is 0 Å². The fourth-order valence-electron chi connectivity index (χ4n) is 2.79. The number of nitro groups is 2. The molecule has 2 rings (SSSR count). The molecule has 0 aliphatic carbocycles. The van der Waals surface area contributed by atoms with Crippen LogP contribution in [-0.4, -0.2) is 34.1 Å². The van der Waals surface area contributed by atoms with Crippen LogP contribution >= 0.6 is 0 Å². The lowest BCUT2D eigenvalue weighted by atomic mass is 10.1. The maximum Gasteiger partial charge on any atom is 0.299 e. The zero-order valence-electron chi connectivity index (χ0n) is 11.5. The van der Waals surface area contributed by atoms with Crippen LogP contribution < -0.4 is 4.90 Å². The highest BCUT2D eigenvalue weighted by atomic mass is 16.6. The molecule has 1 unspecified atom stereocenters. The second-order valence-corrected chi connectivity index (χ2v) is 5.04. The summed E-state index contributed by atoms with van der Waals surface area (Å²) >= 11 is 0. The Morgan fingerprint density at radius 3 is 2.67 bits per heavy atom. The lowest BCUT2D eigenvalue weighted by Crippen LogP contribution is -2.29. The van der Waals surface area contributed by atoms with Gasteiger partial charge in [0.05, 0.1) is 15.9 Å². The van der Waals surface area contributed by atoms with Gasteiger partial charge in [0.15, 0.2) is 0 Å². The SMILES string of the molecule is O=[N+]([O-])c1ccc(N2CCCC2CCCO)c([N+](=O)[O-])c1. The van der Waals surface area contributed by atoms with Crippen molar-refractivity contribution in [3.63, 3.8) is 0 Å². The van der Waals surface area contributed by atoms with Crippen molar-refractivity contribution < 1.29 is 15.0 Å². The van der Waals surface area contributed by atoms with Gasteiger partial charge < -0.3 is 10.0 Å². The highest BCUT2D eigenvalue weighted by molar-refractivity contribution is 5.67.